The number of piperazine rings is 1. The fourth-order valence-corrected chi connectivity index (χ4v) is 5.35. The Labute approximate surface area is 234 Å². The van der Waals surface area contributed by atoms with E-state index in [4.69, 9.17) is 16.3 Å². The molecule has 8 nitrogen and oxygen atoms in total. The van der Waals surface area contributed by atoms with E-state index in [1.807, 2.05) is 43.0 Å². The number of halogens is 1. The average Bonchev–Trinajstić information content (AvgIpc) is 2.91. The summed E-state index contributed by atoms with van der Waals surface area (Å²) in [4.78, 5) is 45.5. The van der Waals surface area contributed by atoms with Crippen LogP contribution >= 0.6 is 11.6 Å². The number of benzene rings is 2. The first-order chi connectivity index (χ1) is 18.7. The van der Waals surface area contributed by atoms with Crippen molar-refractivity contribution in [2.45, 2.75) is 32.9 Å². The van der Waals surface area contributed by atoms with Crippen molar-refractivity contribution >= 4 is 29.5 Å². The number of rotatable bonds is 8. The Bertz CT molecular complexity index is 1280. The van der Waals surface area contributed by atoms with Crippen LogP contribution in [0.3, 0.4) is 0 Å². The molecule has 0 aromatic heterocycles. The molecule has 2 aliphatic heterocycles. The van der Waals surface area contributed by atoms with Gasteiger partial charge in [0.15, 0.2) is 0 Å². The van der Waals surface area contributed by atoms with Gasteiger partial charge in [-0.2, -0.15) is 0 Å². The molecule has 2 aromatic carbocycles. The van der Waals surface area contributed by atoms with Crippen LogP contribution in [0, 0.1) is 6.92 Å². The van der Waals surface area contributed by atoms with Crippen molar-refractivity contribution < 1.29 is 19.1 Å². The number of carbonyl (C=O) groups is 3. The van der Waals surface area contributed by atoms with Gasteiger partial charge < -0.3 is 15.0 Å². The molecule has 0 spiro atoms. The van der Waals surface area contributed by atoms with Crippen LogP contribution < -0.4 is 5.32 Å². The third-order valence-corrected chi connectivity index (χ3v) is 7.44. The van der Waals surface area contributed by atoms with E-state index < -0.39 is 12.0 Å². The SMILES string of the molecule is C=CCN1C(=O)NC(c2ccc(C)cc2)C(C(=O)OCC)=C1CN1CCN(C(=O)c2ccccc2Cl)C(C)C1. The van der Waals surface area contributed by atoms with Crippen molar-refractivity contribution in [3.63, 3.8) is 0 Å². The molecule has 9 heteroatoms. The van der Waals surface area contributed by atoms with E-state index in [1.54, 1.807) is 42.2 Å². The molecule has 0 radical (unpaired) electrons. The smallest absolute Gasteiger partial charge is 0.338 e. The van der Waals surface area contributed by atoms with Crippen LogP contribution in [0.5, 0.6) is 0 Å². The van der Waals surface area contributed by atoms with Crippen molar-refractivity contribution in [1.82, 2.24) is 20.0 Å². The van der Waals surface area contributed by atoms with Crippen molar-refractivity contribution in [1.29, 1.82) is 0 Å². The molecule has 2 aliphatic rings. The Morgan fingerprint density at radius 2 is 1.87 bits per heavy atom. The molecule has 2 heterocycles. The summed E-state index contributed by atoms with van der Waals surface area (Å²) in [6, 6.07) is 13.7. The number of nitrogens with zero attached hydrogens (tertiary/aromatic N) is 3. The van der Waals surface area contributed by atoms with E-state index >= 15 is 0 Å². The lowest BCUT2D eigenvalue weighted by Crippen LogP contribution is -2.56. The van der Waals surface area contributed by atoms with E-state index in [1.165, 1.54) is 0 Å². The molecule has 3 amide bonds. The van der Waals surface area contributed by atoms with Gasteiger partial charge in [-0.3, -0.25) is 14.6 Å². The lowest BCUT2D eigenvalue weighted by atomic mass is 9.93. The second-order valence-corrected chi connectivity index (χ2v) is 10.2. The molecule has 2 atom stereocenters. The van der Waals surface area contributed by atoms with Gasteiger partial charge in [0, 0.05) is 44.5 Å². The normalized spacial score (nSPS) is 20.1. The van der Waals surface area contributed by atoms with Gasteiger partial charge in [-0.15, -0.1) is 6.58 Å². The topological polar surface area (TPSA) is 82.2 Å². The van der Waals surface area contributed by atoms with Gasteiger partial charge in [0.05, 0.1) is 28.8 Å². The molecule has 206 valence electrons. The third kappa shape index (κ3) is 6.18. The second kappa shape index (κ2) is 12.5. The summed E-state index contributed by atoms with van der Waals surface area (Å²) in [6.07, 6.45) is 1.64. The van der Waals surface area contributed by atoms with Crippen LogP contribution in [0.2, 0.25) is 5.02 Å². The van der Waals surface area contributed by atoms with Crippen molar-refractivity contribution in [3.05, 3.63) is 94.2 Å². The first-order valence-corrected chi connectivity index (χ1v) is 13.6. The summed E-state index contributed by atoms with van der Waals surface area (Å²) in [7, 11) is 0. The Morgan fingerprint density at radius 1 is 1.15 bits per heavy atom. The van der Waals surface area contributed by atoms with E-state index in [0.717, 1.165) is 11.1 Å². The van der Waals surface area contributed by atoms with Crippen LogP contribution in [0.1, 0.15) is 41.4 Å². The molecule has 4 rings (SSSR count). The summed E-state index contributed by atoms with van der Waals surface area (Å²) in [5.41, 5.74) is 3.35. The highest BCUT2D eigenvalue weighted by atomic mass is 35.5. The van der Waals surface area contributed by atoms with E-state index in [-0.39, 0.29) is 31.1 Å². The van der Waals surface area contributed by atoms with Crippen molar-refractivity contribution in [2.24, 2.45) is 0 Å². The number of ether oxygens (including phenoxy) is 1. The van der Waals surface area contributed by atoms with Gasteiger partial charge in [-0.25, -0.2) is 9.59 Å². The molecule has 1 fully saturated rings. The first-order valence-electron chi connectivity index (χ1n) is 13.2. The lowest BCUT2D eigenvalue weighted by molar-refractivity contribution is -0.139. The Hall–Kier alpha value is -3.62. The highest BCUT2D eigenvalue weighted by Gasteiger charge is 2.39. The maximum atomic E-state index is 13.4. The van der Waals surface area contributed by atoms with Gasteiger partial charge in [0.2, 0.25) is 0 Å². The largest absolute Gasteiger partial charge is 0.463 e. The van der Waals surface area contributed by atoms with Crippen molar-refractivity contribution in [2.75, 3.05) is 39.3 Å². The molecule has 2 aromatic rings. The maximum Gasteiger partial charge on any atom is 0.338 e. The maximum absolute atomic E-state index is 13.4. The summed E-state index contributed by atoms with van der Waals surface area (Å²) in [5, 5.41) is 3.42. The zero-order valence-corrected chi connectivity index (χ0v) is 23.4. The summed E-state index contributed by atoms with van der Waals surface area (Å²) in [5.74, 6) is -0.573. The summed E-state index contributed by atoms with van der Waals surface area (Å²) >= 11 is 6.29. The monoisotopic (exact) mass is 550 g/mol. The number of urea groups is 1. The van der Waals surface area contributed by atoms with Crippen LogP contribution in [-0.4, -0.2) is 78.0 Å². The molecular weight excluding hydrogens is 516 g/mol. The minimum atomic E-state index is -0.645. The predicted octanol–water partition coefficient (Wildman–Crippen LogP) is 4.56. The highest BCUT2D eigenvalue weighted by Crippen LogP contribution is 2.33. The Balaban J connectivity index is 1.65. The number of esters is 1. The first kappa shape index (κ1) is 28.4. The summed E-state index contributed by atoms with van der Waals surface area (Å²) in [6.45, 7) is 12.0. The van der Waals surface area contributed by atoms with Gasteiger partial charge >= 0.3 is 12.0 Å². The minimum Gasteiger partial charge on any atom is -0.463 e. The number of amides is 3. The zero-order chi connectivity index (χ0) is 28.1. The quantitative estimate of drug-likeness (QED) is 0.385. The molecule has 0 bridgehead atoms. The van der Waals surface area contributed by atoms with E-state index in [2.05, 4.69) is 16.8 Å². The number of aryl methyl sites for hydroxylation is 1. The second-order valence-electron chi connectivity index (χ2n) is 9.84. The fourth-order valence-electron chi connectivity index (χ4n) is 5.13. The summed E-state index contributed by atoms with van der Waals surface area (Å²) < 4.78 is 5.48. The van der Waals surface area contributed by atoms with Gasteiger partial charge in [0.25, 0.3) is 5.91 Å². The van der Waals surface area contributed by atoms with Crippen molar-refractivity contribution in [3.8, 4) is 0 Å². The van der Waals surface area contributed by atoms with Crippen LogP contribution in [0.25, 0.3) is 0 Å². The molecule has 1 N–H and O–H groups in total. The molecule has 39 heavy (non-hydrogen) atoms. The highest BCUT2D eigenvalue weighted by molar-refractivity contribution is 6.33. The number of hydrogen-bond acceptors (Lipinski definition) is 5. The van der Waals surface area contributed by atoms with Gasteiger partial charge in [-0.1, -0.05) is 59.6 Å². The van der Waals surface area contributed by atoms with Gasteiger partial charge in [0.1, 0.15) is 0 Å². The predicted molar refractivity (Wildman–Crippen MR) is 151 cm³/mol. The van der Waals surface area contributed by atoms with Crippen LogP contribution in [0.4, 0.5) is 4.79 Å². The molecule has 1 saturated heterocycles. The molecule has 2 unspecified atom stereocenters. The Kier molecular flexibility index (Phi) is 9.09. The fraction of sp³-hybridized carbons (Fsp3) is 0.367. The molecule has 0 saturated carbocycles. The molecule has 0 aliphatic carbocycles. The number of carbonyl (C=O) groups excluding carboxylic acids is 3. The number of hydrogen-bond donors (Lipinski definition) is 1. The van der Waals surface area contributed by atoms with Gasteiger partial charge in [-0.05, 0) is 38.5 Å². The minimum absolute atomic E-state index is 0.104. The Morgan fingerprint density at radius 3 is 2.51 bits per heavy atom. The third-order valence-electron chi connectivity index (χ3n) is 7.11. The van der Waals surface area contributed by atoms with E-state index in [9.17, 15) is 14.4 Å². The van der Waals surface area contributed by atoms with Crippen LogP contribution in [0.15, 0.2) is 72.5 Å². The molecular formula is C30H35ClN4O4. The average molecular weight is 551 g/mol. The standard InChI is InChI=1S/C30H35ClN4O4/c1-5-15-35-25(19-33-16-17-34(21(4)18-33)28(36)23-9-7-8-10-24(23)31)26(29(37)39-6-2)27(32-30(35)38)22-13-11-20(3)12-14-22/h5,7-14,21,27H,1,6,15-19H2,2-4H3,(H,32,38). The van der Waals surface area contributed by atoms with Crippen LogP contribution in [-0.2, 0) is 9.53 Å². The van der Waals surface area contributed by atoms with E-state index in [0.29, 0.717) is 48.0 Å². The lowest BCUT2D eigenvalue weighted by Gasteiger charge is -2.43. The number of nitrogens with one attached hydrogen (secondary N) is 1. The zero-order valence-electron chi connectivity index (χ0n) is 22.7.